The molecule has 0 unspecified atom stereocenters. The molecule has 2 heterocycles. The molecule has 3 saturated carbocycles. The van der Waals surface area contributed by atoms with Gasteiger partial charge in [0, 0.05) is 51.7 Å². The zero-order chi connectivity index (χ0) is 14.4. The third-order valence-corrected chi connectivity index (χ3v) is 6.01. The van der Waals surface area contributed by atoms with Gasteiger partial charge < -0.3 is 4.90 Å². The second kappa shape index (κ2) is 5.24. The van der Waals surface area contributed by atoms with E-state index in [2.05, 4.69) is 14.9 Å². The first kappa shape index (κ1) is 13.5. The van der Waals surface area contributed by atoms with Gasteiger partial charge in [-0.25, -0.2) is 9.97 Å². The summed E-state index contributed by atoms with van der Waals surface area (Å²) in [5.41, 5.74) is 1.26. The molecule has 21 heavy (non-hydrogen) atoms. The summed E-state index contributed by atoms with van der Waals surface area (Å²) in [5, 5.41) is 0. The second-order valence-corrected chi connectivity index (χ2v) is 7.48. The van der Waals surface area contributed by atoms with Crippen molar-refractivity contribution in [2.45, 2.75) is 32.2 Å². The zero-order valence-electron chi connectivity index (χ0n) is 13.2. The van der Waals surface area contributed by atoms with Crippen LogP contribution in [0.15, 0.2) is 12.4 Å². The Morgan fingerprint density at radius 2 is 1.52 bits per heavy atom. The molecular formula is C17H26N4. The van der Waals surface area contributed by atoms with Crippen LogP contribution in [0.1, 0.15) is 31.2 Å². The quantitative estimate of drug-likeness (QED) is 0.854. The number of anilines is 1. The van der Waals surface area contributed by atoms with Crippen LogP contribution in [0.3, 0.4) is 0 Å². The molecule has 5 rings (SSSR count). The van der Waals surface area contributed by atoms with Gasteiger partial charge in [0.25, 0.3) is 0 Å². The smallest absolute Gasteiger partial charge is 0.224 e. The Morgan fingerprint density at radius 3 is 2.00 bits per heavy atom. The molecule has 4 aliphatic rings. The predicted molar refractivity (Wildman–Crippen MR) is 84.1 cm³/mol. The van der Waals surface area contributed by atoms with Crippen LogP contribution in [0.2, 0.25) is 0 Å². The maximum atomic E-state index is 4.44. The van der Waals surface area contributed by atoms with Crippen molar-refractivity contribution >= 4 is 5.95 Å². The van der Waals surface area contributed by atoms with Gasteiger partial charge in [-0.05, 0) is 49.4 Å². The molecule has 0 amide bonds. The Bertz CT molecular complexity index is 470. The average Bonchev–Trinajstić information content (AvgIpc) is 2.94. The Hall–Kier alpha value is -1.16. The van der Waals surface area contributed by atoms with E-state index in [1.54, 1.807) is 0 Å². The lowest BCUT2D eigenvalue weighted by Crippen LogP contribution is -2.38. The predicted octanol–water partition coefficient (Wildman–Crippen LogP) is 2.41. The summed E-state index contributed by atoms with van der Waals surface area (Å²) in [6.45, 7) is 3.64. The number of nitrogens with zero attached hydrogens (tertiary/aromatic N) is 4. The van der Waals surface area contributed by atoms with Gasteiger partial charge in [-0.3, -0.25) is 4.90 Å². The molecule has 4 nitrogen and oxygen atoms in total. The first-order valence-corrected chi connectivity index (χ1v) is 8.41. The molecule has 4 fully saturated rings. The number of likely N-dealkylation sites (tertiary alicyclic amines) is 1. The molecule has 2 atom stereocenters. The van der Waals surface area contributed by atoms with E-state index < -0.39 is 0 Å². The van der Waals surface area contributed by atoms with E-state index in [-0.39, 0.29) is 0 Å². The summed E-state index contributed by atoms with van der Waals surface area (Å²) in [6, 6.07) is 0. The van der Waals surface area contributed by atoms with Gasteiger partial charge in [-0.1, -0.05) is 0 Å². The summed E-state index contributed by atoms with van der Waals surface area (Å²) in [5.74, 6) is 4.82. The van der Waals surface area contributed by atoms with Crippen LogP contribution in [-0.2, 0) is 6.54 Å². The Labute approximate surface area is 127 Å². The first-order valence-electron chi connectivity index (χ1n) is 8.41. The summed E-state index contributed by atoms with van der Waals surface area (Å²) >= 11 is 0. The number of fused-ring (bicyclic) bond motifs is 2. The van der Waals surface area contributed by atoms with Crippen LogP contribution < -0.4 is 4.90 Å². The summed E-state index contributed by atoms with van der Waals surface area (Å²) in [4.78, 5) is 13.5. The SMILES string of the molecule is CN(C)c1ncc(CN2C[C@@H]3C4CCC(CC4)[C@@H]3C2)cn1. The fourth-order valence-electron chi connectivity index (χ4n) is 4.99. The van der Waals surface area contributed by atoms with Crippen LogP contribution in [-0.4, -0.2) is 42.1 Å². The minimum atomic E-state index is 0.798. The van der Waals surface area contributed by atoms with E-state index in [1.807, 2.05) is 31.4 Å². The monoisotopic (exact) mass is 286 g/mol. The molecule has 3 aliphatic carbocycles. The third-order valence-electron chi connectivity index (χ3n) is 6.01. The van der Waals surface area contributed by atoms with Crippen molar-refractivity contribution in [2.24, 2.45) is 23.7 Å². The molecule has 1 saturated heterocycles. The molecule has 1 aromatic heterocycles. The Balaban J connectivity index is 1.42. The van der Waals surface area contributed by atoms with E-state index >= 15 is 0 Å². The van der Waals surface area contributed by atoms with Gasteiger partial charge >= 0.3 is 0 Å². The molecule has 1 aromatic rings. The highest BCUT2D eigenvalue weighted by Gasteiger charge is 2.47. The molecule has 0 radical (unpaired) electrons. The standard InChI is InChI=1S/C17H26N4/c1-20(2)17-18-7-12(8-19-17)9-21-10-15-13-3-4-14(6-5-13)16(15)11-21/h7-8,13-16H,3-6,9-11H2,1-2H3/t13?,14?,15-,16+. The topological polar surface area (TPSA) is 32.3 Å². The molecule has 114 valence electrons. The number of hydrogen-bond donors (Lipinski definition) is 0. The molecular weight excluding hydrogens is 260 g/mol. The molecule has 0 N–H and O–H groups in total. The van der Waals surface area contributed by atoms with Gasteiger partial charge in [0.2, 0.25) is 5.95 Å². The summed E-state index contributed by atoms with van der Waals surface area (Å²) in [6.07, 6.45) is 10.00. The fraction of sp³-hybridized carbons (Fsp3) is 0.765. The van der Waals surface area contributed by atoms with Crippen LogP contribution in [0.25, 0.3) is 0 Å². The number of hydrogen-bond acceptors (Lipinski definition) is 4. The fourth-order valence-corrected chi connectivity index (χ4v) is 4.99. The van der Waals surface area contributed by atoms with Crippen molar-refractivity contribution in [3.8, 4) is 0 Å². The molecule has 4 heteroatoms. The lowest BCUT2D eigenvalue weighted by molar-refractivity contribution is 0.0577. The van der Waals surface area contributed by atoms with Crippen LogP contribution >= 0.6 is 0 Å². The first-order chi connectivity index (χ1) is 10.2. The van der Waals surface area contributed by atoms with Crippen molar-refractivity contribution < 1.29 is 0 Å². The van der Waals surface area contributed by atoms with Gasteiger partial charge in [0.05, 0.1) is 0 Å². The number of rotatable bonds is 3. The maximum Gasteiger partial charge on any atom is 0.224 e. The molecule has 2 bridgehead atoms. The van der Waals surface area contributed by atoms with E-state index in [0.29, 0.717) is 0 Å². The van der Waals surface area contributed by atoms with Crippen LogP contribution in [0.4, 0.5) is 5.95 Å². The van der Waals surface area contributed by atoms with Crippen molar-refractivity contribution in [1.29, 1.82) is 0 Å². The normalized spacial score (nSPS) is 35.0. The largest absolute Gasteiger partial charge is 0.347 e. The van der Waals surface area contributed by atoms with Gasteiger partial charge in [-0.2, -0.15) is 0 Å². The second-order valence-electron chi connectivity index (χ2n) is 7.48. The third kappa shape index (κ3) is 2.44. The average molecular weight is 286 g/mol. The summed E-state index contributed by atoms with van der Waals surface area (Å²) < 4.78 is 0. The highest BCUT2D eigenvalue weighted by molar-refractivity contribution is 5.26. The van der Waals surface area contributed by atoms with E-state index in [0.717, 1.165) is 36.2 Å². The highest BCUT2D eigenvalue weighted by atomic mass is 15.2. The highest BCUT2D eigenvalue weighted by Crippen LogP contribution is 2.51. The van der Waals surface area contributed by atoms with Crippen LogP contribution in [0, 0.1) is 23.7 Å². The van der Waals surface area contributed by atoms with Gasteiger partial charge in [0.1, 0.15) is 0 Å². The van der Waals surface area contributed by atoms with Crippen molar-refractivity contribution in [3.63, 3.8) is 0 Å². The van der Waals surface area contributed by atoms with Crippen LogP contribution in [0.5, 0.6) is 0 Å². The van der Waals surface area contributed by atoms with Crippen molar-refractivity contribution in [3.05, 3.63) is 18.0 Å². The molecule has 0 spiro atoms. The van der Waals surface area contributed by atoms with Gasteiger partial charge in [-0.15, -0.1) is 0 Å². The maximum absolute atomic E-state index is 4.44. The van der Waals surface area contributed by atoms with Crippen molar-refractivity contribution in [1.82, 2.24) is 14.9 Å². The van der Waals surface area contributed by atoms with E-state index in [4.69, 9.17) is 0 Å². The lowest BCUT2D eigenvalue weighted by atomic mass is 9.60. The van der Waals surface area contributed by atoms with Gasteiger partial charge in [0.15, 0.2) is 0 Å². The molecule has 1 aliphatic heterocycles. The van der Waals surface area contributed by atoms with E-state index in [9.17, 15) is 0 Å². The lowest BCUT2D eigenvalue weighted by Gasteiger charge is -2.45. The Kier molecular flexibility index (Phi) is 3.37. The Morgan fingerprint density at radius 1 is 1.00 bits per heavy atom. The minimum absolute atomic E-state index is 0.798. The van der Waals surface area contributed by atoms with Crippen molar-refractivity contribution in [2.75, 3.05) is 32.1 Å². The molecule has 0 aromatic carbocycles. The minimum Gasteiger partial charge on any atom is -0.347 e. The zero-order valence-corrected chi connectivity index (χ0v) is 13.2. The summed E-state index contributed by atoms with van der Waals surface area (Å²) in [7, 11) is 3.96. The number of aromatic nitrogens is 2. The van der Waals surface area contributed by atoms with E-state index in [1.165, 1.54) is 44.3 Å².